The van der Waals surface area contributed by atoms with Crippen LogP contribution in [0.25, 0.3) is 6.08 Å². The summed E-state index contributed by atoms with van der Waals surface area (Å²) >= 11 is 0. The van der Waals surface area contributed by atoms with E-state index in [1.165, 1.54) is 0 Å². The SMILES string of the molecule is COc1ccc(/C=C2\C[C@@]3(C)C(CCC[C@@H]3O)C(C)C2=O)c(OC)c1OC. The van der Waals surface area contributed by atoms with Gasteiger partial charge in [-0.2, -0.15) is 0 Å². The number of fused-ring (bicyclic) bond motifs is 1. The molecule has 0 aromatic heterocycles. The number of hydrogen-bond acceptors (Lipinski definition) is 5. The second-order valence-corrected chi connectivity index (χ2v) is 7.98. The van der Waals surface area contributed by atoms with Crippen molar-refractivity contribution in [3.05, 3.63) is 23.3 Å². The van der Waals surface area contributed by atoms with E-state index in [0.717, 1.165) is 30.4 Å². The molecular formula is C22H30O5. The molecule has 4 atom stereocenters. The molecule has 0 bridgehead atoms. The fraction of sp³-hybridized carbons (Fsp3) is 0.591. The third-order valence-corrected chi connectivity index (χ3v) is 6.57. The second-order valence-electron chi connectivity index (χ2n) is 7.98. The Morgan fingerprint density at radius 2 is 1.81 bits per heavy atom. The minimum atomic E-state index is -0.373. The van der Waals surface area contributed by atoms with Crippen molar-refractivity contribution in [3.8, 4) is 17.2 Å². The van der Waals surface area contributed by atoms with Gasteiger partial charge in [0.1, 0.15) is 0 Å². The van der Waals surface area contributed by atoms with Crippen LogP contribution in [0.5, 0.6) is 17.2 Å². The summed E-state index contributed by atoms with van der Waals surface area (Å²) in [4.78, 5) is 13.1. The lowest BCUT2D eigenvalue weighted by Gasteiger charge is -2.51. The molecule has 0 heterocycles. The van der Waals surface area contributed by atoms with Gasteiger partial charge in [0, 0.05) is 16.9 Å². The molecule has 0 amide bonds. The number of carbonyl (C=O) groups excluding carboxylic acids is 1. The van der Waals surface area contributed by atoms with Gasteiger partial charge >= 0.3 is 0 Å². The highest BCUT2D eigenvalue weighted by Gasteiger charge is 2.51. The molecule has 3 rings (SSSR count). The van der Waals surface area contributed by atoms with Crippen molar-refractivity contribution in [2.75, 3.05) is 21.3 Å². The lowest BCUT2D eigenvalue weighted by molar-refractivity contribution is -0.133. The van der Waals surface area contributed by atoms with E-state index < -0.39 is 0 Å². The Kier molecular flexibility index (Phi) is 5.52. The maximum absolute atomic E-state index is 13.1. The standard InChI is InChI=1S/C22H30O5/c1-13-16-7-6-8-18(23)22(16,2)12-15(19(13)24)11-14-9-10-17(25-3)21(27-5)20(14)26-4/h9-11,13,16,18,23H,6-8,12H2,1-5H3/b15-11+/t13?,16?,18-,22-/m0/s1. The third-order valence-electron chi connectivity index (χ3n) is 6.57. The Morgan fingerprint density at radius 1 is 1.11 bits per heavy atom. The van der Waals surface area contributed by atoms with Crippen LogP contribution in [-0.4, -0.2) is 38.3 Å². The average Bonchev–Trinajstić information content (AvgIpc) is 2.67. The number of carbonyl (C=O) groups is 1. The number of Topliss-reactive ketones (excluding diaryl/α,β-unsaturated/α-hetero) is 1. The number of allylic oxidation sites excluding steroid dienone is 1. The van der Waals surface area contributed by atoms with Crippen LogP contribution in [0.3, 0.4) is 0 Å². The fourth-order valence-electron chi connectivity index (χ4n) is 5.03. The number of methoxy groups -OCH3 is 3. The number of ether oxygens (including phenoxy) is 3. The molecule has 1 N–H and O–H groups in total. The molecule has 27 heavy (non-hydrogen) atoms. The molecular weight excluding hydrogens is 344 g/mol. The van der Waals surface area contributed by atoms with Gasteiger partial charge in [-0.25, -0.2) is 0 Å². The second kappa shape index (κ2) is 7.55. The van der Waals surface area contributed by atoms with E-state index in [9.17, 15) is 9.90 Å². The molecule has 1 aromatic rings. The number of benzene rings is 1. The van der Waals surface area contributed by atoms with Gasteiger partial charge in [-0.3, -0.25) is 4.79 Å². The topological polar surface area (TPSA) is 65.0 Å². The molecule has 2 saturated carbocycles. The van der Waals surface area contributed by atoms with Crippen LogP contribution in [0.4, 0.5) is 0 Å². The molecule has 2 unspecified atom stereocenters. The predicted octanol–water partition coefficient (Wildman–Crippen LogP) is 3.87. The first-order valence-electron chi connectivity index (χ1n) is 9.59. The minimum Gasteiger partial charge on any atom is -0.493 e. The number of rotatable bonds is 4. The van der Waals surface area contributed by atoms with E-state index in [-0.39, 0.29) is 29.1 Å². The molecule has 2 aliphatic carbocycles. The molecule has 148 valence electrons. The normalized spacial score (nSPS) is 32.1. The van der Waals surface area contributed by atoms with Gasteiger partial charge in [-0.05, 0) is 49.0 Å². The Hall–Kier alpha value is -2.01. The van der Waals surface area contributed by atoms with Gasteiger partial charge in [-0.1, -0.05) is 20.3 Å². The van der Waals surface area contributed by atoms with Crippen molar-refractivity contribution >= 4 is 11.9 Å². The van der Waals surface area contributed by atoms with Gasteiger partial charge in [0.05, 0.1) is 27.4 Å². The Morgan fingerprint density at radius 3 is 2.44 bits per heavy atom. The zero-order valence-corrected chi connectivity index (χ0v) is 16.9. The van der Waals surface area contributed by atoms with Gasteiger partial charge in [0.25, 0.3) is 0 Å². The maximum atomic E-state index is 13.1. The molecule has 2 aliphatic rings. The summed E-state index contributed by atoms with van der Waals surface area (Å²) in [7, 11) is 4.72. The number of ketones is 1. The van der Waals surface area contributed by atoms with Crippen LogP contribution in [0.1, 0.15) is 45.1 Å². The van der Waals surface area contributed by atoms with Crippen molar-refractivity contribution in [1.82, 2.24) is 0 Å². The molecule has 1 aromatic carbocycles. The lowest BCUT2D eigenvalue weighted by Crippen LogP contribution is -2.51. The van der Waals surface area contributed by atoms with E-state index >= 15 is 0 Å². The van der Waals surface area contributed by atoms with Crippen LogP contribution in [0.2, 0.25) is 0 Å². The largest absolute Gasteiger partial charge is 0.493 e. The average molecular weight is 374 g/mol. The van der Waals surface area contributed by atoms with E-state index in [2.05, 4.69) is 6.92 Å². The first kappa shape index (κ1) is 19.7. The smallest absolute Gasteiger partial charge is 0.203 e. The highest BCUT2D eigenvalue weighted by molar-refractivity contribution is 6.02. The Bertz CT molecular complexity index is 753. The van der Waals surface area contributed by atoms with E-state index in [1.807, 2.05) is 25.1 Å². The van der Waals surface area contributed by atoms with Crippen LogP contribution in [-0.2, 0) is 4.79 Å². The molecule has 0 aliphatic heterocycles. The zero-order valence-electron chi connectivity index (χ0n) is 16.9. The highest BCUT2D eigenvalue weighted by Crippen LogP contribution is 2.53. The summed E-state index contributed by atoms with van der Waals surface area (Å²) in [6.45, 7) is 4.13. The van der Waals surface area contributed by atoms with E-state index in [1.54, 1.807) is 21.3 Å². The number of hydrogen-bond donors (Lipinski definition) is 1. The molecule has 5 heteroatoms. The van der Waals surface area contributed by atoms with Crippen molar-refractivity contribution in [3.63, 3.8) is 0 Å². The first-order valence-corrected chi connectivity index (χ1v) is 9.59. The van der Waals surface area contributed by atoms with Gasteiger partial charge < -0.3 is 19.3 Å². The van der Waals surface area contributed by atoms with Crippen molar-refractivity contribution < 1.29 is 24.1 Å². The Labute approximate surface area is 161 Å². The summed E-state index contributed by atoms with van der Waals surface area (Å²) in [5, 5.41) is 10.7. The summed E-state index contributed by atoms with van der Waals surface area (Å²) in [5.41, 5.74) is 1.26. The van der Waals surface area contributed by atoms with Gasteiger partial charge in [0.15, 0.2) is 17.3 Å². The van der Waals surface area contributed by atoms with Crippen LogP contribution in [0, 0.1) is 17.3 Å². The van der Waals surface area contributed by atoms with Crippen molar-refractivity contribution in [2.45, 2.75) is 45.6 Å². The van der Waals surface area contributed by atoms with Gasteiger partial charge in [-0.15, -0.1) is 0 Å². The Balaban J connectivity index is 2.05. The summed E-state index contributed by atoms with van der Waals surface area (Å²) in [6.07, 6.45) is 4.90. The summed E-state index contributed by atoms with van der Waals surface area (Å²) in [6, 6.07) is 3.68. The summed E-state index contributed by atoms with van der Waals surface area (Å²) in [5.74, 6) is 1.95. The minimum absolute atomic E-state index is 0.0870. The van der Waals surface area contributed by atoms with Crippen LogP contribution in [0.15, 0.2) is 17.7 Å². The molecule has 0 spiro atoms. The molecule has 2 fully saturated rings. The molecule has 5 nitrogen and oxygen atoms in total. The molecule has 0 radical (unpaired) electrons. The highest BCUT2D eigenvalue weighted by atomic mass is 16.5. The van der Waals surface area contributed by atoms with Crippen molar-refractivity contribution in [2.24, 2.45) is 17.3 Å². The quantitative estimate of drug-likeness (QED) is 0.811. The van der Waals surface area contributed by atoms with E-state index in [0.29, 0.717) is 23.7 Å². The number of aliphatic hydroxyl groups is 1. The van der Waals surface area contributed by atoms with Crippen LogP contribution >= 0.6 is 0 Å². The van der Waals surface area contributed by atoms with E-state index in [4.69, 9.17) is 14.2 Å². The lowest BCUT2D eigenvalue weighted by atomic mass is 9.54. The third kappa shape index (κ3) is 3.22. The predicted molar refractivity (Wildman–Crippen MR) is 104 cm³/mol. The first-order chi connectivity index (χ1) is 12.9. The number of aliphatic hydroxyl groups excluding tert-OH is 1. The summed E-state index contributed by atoms with van der Waals surface area (Å²) < 4.78 is 16.3. The van der Waals surface area contributed by atoms with Crippen molar-refractivity contribution in [1.29, 1.82) is 0 Å². The van der Waals surface area contributed by atoms with Crippen LogP contribution < -0.4 is 14.2 Å². The van der Waals surface area contributed by atoms with Gasteiger partial charge in [0.2, 0.25) is 5.75 Å². The monoisotopic (exact) mass is 374 g/mol. The maximum Gasteiger partial charge on any atom is 0.203 e. The molecule has 0 saturated heterocycles. The zero-order chi connectivity index (χ0) is 19.8. The fourth-order valence-corrected chi connectivity index (χ4v) is 5.03.